The van der Waals surface area contributed by atoms with Crippen LogP contribution >= 0.6 is 0 Å². The summed E-state index contributed by atoms with van der Waals surface area (Å²) in [6.07, 6.45) is 11.1. The second kappa shape index (κ2) is 10.2. The Labute approximate surface area is 231 Å². The highest BCUT2D eigenvalue weighted by Gasteiger charge is 2.47. The zero-order chi connectivity index (χ0) is 27.9. The molecule has 4 aromatic heterocycles. The second-order valence-electron chi connectivity index (χ2n) is 10.5. The van der Waals surface area contributed by atoms with Gasteiger partial charge in [0.05, 0.1) is 47.5 Å². The Kier molecular flexibility index (Phi) is 6.60. The van der Waals surface area contributed by atoms with Gasteiger partial charge in [0.15, 0.2) is 12.3 Å². The van der Waals surface area contributed by atoms with Gasteiger partial charge >= 0.3 is 0 Å². The van der Waals surface area contributed by atoms with Crippen molar-refractivity contribution >= 4 is 5.52 Å². The molecule has 2 fully saturated rings. The minimum atomic E-state index is -0.835. The first-order chi connectivity index (χ1) is 19.5. The first kappa shape index (κ1) is 25.8. The second-order valence-corrected chi connectivity index (χ2v) is 10.5. The fraction of sp³-hybridized carbons (Fsp3) is 0.414. The molecule has 1 N–H and O–H groups in total. The molecule has 0 amide bonds. The summed E-state index contributed by atoms with van der Waals surface area (Å²) in [4.78, 5) is 6.06. The number of nitriles is 1. The van der Waals surface area contributed by atoms with Crippen LogP contribution in [0.25, 0.3) is 16.8 Å². The highest BCUT2D eigenvalue weighted by Crippen LogP contribution is 2.47. The third-order valence-electron chi connectivity index (χ3n) is 8.18. The first-order valence-electron chi connectivity index (χ1n) is 13.4. The van der Waals surface area contributed by atoms with Gasteiger partial charge < -0.3 is 14.7 Å². The standard InChI is InChI=1S/C29H29FN8O2/c1-3-5-20-14-33-37-16-21(12-25(28(20)37)40-26(17-39)24-7-6-22(30)15-32-24)27-19(2)38(35-34-27)23-8-11-36(18-31)29(13-23)9-4-10-29/h6-7,12,14-16,23,26,39H,4,8-11,13,17H2,1-2H3/t23-,26+/m0/s1. The molecular weight excluding hydrogens is 511 g/mol. The van der Waals surface area contributed by atoms with Crippen LogP contribution < -0.4 is 4.74 Å². The number of piperidine rings is 1. The summed E-state index contributed by atoms with van der Waals surface area (Å²) in [5.74, 6) is 5.92. The quantitative estimate of drug-likeness (QED) is 0.289. The van der Waals surface area contributed by atoms with E-state index in [9.17, 15) is 14.8 Å². The van der Waals surface area contributed by atoms with E-state index >= 15 is 0 Å². The lowest BCUT2D eigenvalue weighted by Crippen LogP contribution is -2.56. The molecule has 1 aliphatic heterocycles. The Hall–Kier alpha value is -4.48. The van der Waals surface area contributed by atoms with Gasteiger partial charge in [-0.1, -0.05) is 11.1 Å². The SMILES string of the molecule is CC#Cc1cnn2cc(-c3nnn([C@H]4CCN(C#N)C5(CCC5)C4)c3C)cc(O[C@H](CO)c3ccc(F)cn3)c12. The van der Waals surface area contributed by atoms with E-state index in [-0.39, 0.29) is 18.2 Å². The lowest BCUT2D eigenvalue weighted by atomic mass is 9.69. The zero-order valence-corrected chi connectivity index (χ0v) is 22.4. The van der Waals surface area contributed by atoms with Crippen LogP contribution in [0.1, 0.15) is 68.1 Å². The highest BCUT2D eigenvalue weighted by molar-refractivity contribution is 5.75. The summed E-state index contributed by atoms with van der Waals surface area (Å²) in [5, 5.41) is 33.4. The molecule has 4 aromatic rings. The number of pyridine rings is 2. The zero-order valence-electron chi connectivity index (χ0n) is 22.4. The molecule has 2 aliphatic rings. The van der Waals surface area contributed by atoms with Crippen LogP contribution in [0.3, 0.4) is 0 Å². The van der Waals surface area contributed by atoms with E-state index in [2.05, 4.69) is 38.4 Å². The van der Waals surface area contributed by atoms with Gasteiger partial charge in [0.1, 0.15) is 22.8 Å². The summed E-state index contributed by atoms with van der Waals surface area (Å²) < 4.78 is 23.4. The molecule has 0 unspecified atom stereocenters. The molecule has 1 aliphatic carbocycles. The molecular formula is C29H29FN8O2. The van der Waals surface area contributed by atoms with Crippen molar-refractivity contribution in [2.24, 2.45) is 0 Å². The summed E-state index contributed by atoms with van der Waals surface area (Å²) in [6.45, 7) is 4.10. The van der Waals surface area contributed by atoms with Crippen molar-refractivity contribution < 1.29 is 14.2 Å². The van der Waals surface area contributed by atoms with Crippen LogP contribution in [0.5, 0.6) is 5.75 Å². The van der Waals surface area contributed by atoms with Gasteiger partial charge in [-0.3, -0.25) is 4.98 Å². The maximum absolute atomic E-state index is 13.5. The molecule has 11 heteroatoms. The number of aliphatic hydroxyl groups excluding tert-OH is 1. The van der Waals surface area contributed by atoms with Crippen molar-refractivity contribution in [2.45, 2.75) is 63.6 Å². The van der Waals surface area contributed by atoms with E-state index in [4.69, 9.17) is 4.74 Å². The van der Waals surface area contributed by atoms with E-state index in [1.54, 1.807) is 17.6 Å². The molecule has 0 bridgehead atoms. The number of rotatable bonds is 6. The average molecular weight is 541 g/mol. The fourth-order valence-corrected chi connectivity index (χ4v) is 6.00. The lowest BCUT2D eigenvalue weighted by Gasteiger charge is -2.52. The van der Waals surface area contributed by atoms with Crippen LogP contribution in [-0.2, 0) is 0 Å². The maximum atomic E-state index is 13.5. The van der Waals surface area contributed by atoms with Crippen LogP contribution in [0, 0.1) is 36.0 Å². The Bertz CT molecular complexity index is 1660. The number of hydrogen-bond donors (Lipinski definition) is 1. The number of halogens is 1. The summed E-state index contributed by atoms with van der Waals surface area (Å²) >= 11 is 0. The van der Waals surface area contributed by atoms with E-state index in [0.29, 0.717) is 34.8 Å². The Morgan fingerprint density at radius 1 is 1.30 bits per heavy atom. The molecule has 204 valence electrons. The third-order valence-corrected chi connectivity index (χ3v) is 8.18. The minimum Gasteiger partial charge on any atom is -0.479 e. The smallest absolute Gasteiger partial charge is 0.179 e. The van der Waals surface area contributed by atoms with Gasteiger partial charge in [-0.15, -0.1) is 11.0 Å². The summed E-state index contributed by atoms with van der Waals surface area (Å²) in [6, 6.07) is 4.77. The van der Waals surface area contributed by atoms with Crippen LogP contribution in [0.4, 0.5) is 4.39 Å². The van der Waals surface area contributed by atoms with Crippen molar-refractivity contribution in [1.82, 2.24) is 34.5 Å². The largest absolute Gasteiger partial charge is 0.479 e. The summed E-state index contributed by atoms with van der Waals surface area (Å²) in [5.41, 5.74) is 3.98. The van der Waals surface area contributed by atoms with Gasteiger partial charge in [0.25, 0.3) is 0 Å². The molecule has 0 radical (unpaired) electrons. The van der Waals surface area contributed by atoms with E-state index in [1.165, 1.54) is 12.1 Å². The Morgan fingerprint density at radius 2 is 2.15 bits per heavy atom. The van der Waals surface area contributed by atoms with Gasteiger partial charge in [-0.2, -0.15) is 10.4 Å². The molecule has 1 saturated carbocycles. The van der Waals surface area contributed by atoms with Crippen molar-refractivity contribution in [1.29, 1.82) is 5.26 Å². The van der Waals surface area contributed by atoms with Crippen LogP contribution in [0.2, 0.25) is 0 Å². The van der Waals surface area contributed by atoms with E-state index in [1.807, 2.05) is 28.8 Å². The number of fused-ring (bicyclic) bond motifs is 1. The minimum absolute atomic E-state index is 0.0599. The number of hydrogen-bond acceptors (Lipinski definition) is 8. The molecule has 6 rings (SSSR count). The predicted octanol–water partition coefficient (Wildman–Crippen LogP) is 3.96. The van der Waals surface area contributed by atoms with Gasteiger partial charge in [-0.05, 0) is 64.2 Å². The van der Waals surface area contributed by atoms with Crippen molar-refractivity contribution in [3.8, 4) is 35.0 Å². The highest BCUT2D eigenvalue weighted by atomic mass is 19.1. The maximum Gasteiger partial charge on any atom is 0.179 e. The van der Waals surface area contributed by atoms with Crippen LogP contribution in [-0.4, -0.2) is 58.3 Å². The number of aliphatic hydroxyl groups is 1. The molecule has 0 aromatic carbocycles. The molecule has 10 nitrogen and oxygen atoms in total. The van der Waals surface area contributed by atoms with Gasteiger partial charge in [0.2, 0.25) is 0 Å². The fourth-order valence-electron chi connectivity index (χ4n) is 6.00. The van der Waals surface area contributed by atoms with Crippen molar-refractivity contribution in [3.05, 3.63) is 59.6 Å². The molecule has 1 saturated heterocycles. The Morgan fingerprint density at radius 3 is 2.83 bits per heavy atom. The van der Waals surface area contributed by atoms with Crippen molar-refractivity contribution in [3.63, 3.8) is 0 Å². The average Bonchev–Trinajstić information content (AvgIpc) is 3.54. The van der Waals surface area contributed by atoms with Gasteiger partial charge in [-0.25, -0.2) is 13.6 Å². The molecule has 40 heavy (non-hydrogen) atoms. The number of ether oxygens (including phenoxy) is 1. The van der Waals surface area contributed by atoms with Gasteiger partial charge in [0, 0.05) is 18.3 Å². The first-order valence-corrected chi connectivity index (χ1v) is 13.4. The topological polar surface area (TPSA) is 117 Å². The summed E-state index contributed by atoms with van der Waals surface area (Å²) in [7, 11) is 0. The van der Waals surface area contributed by atoms with E-state index in [0.717, 1.165) is 49.6 Å². The number of aromatic nitrogens is 6. The molecule has 1 spiro atoms. The number of nitrogens with zero attached hydrogens (tertiary/aromatic N) is 8. The lowest BCUT2D eigenvalue weighted by molar-refractivity contribution is 0.00270. The molecule has 2 atom stereocenters. The van der Waals surface area contributed by atoms with Crippen molar-refractivity contribution in [2.75, 3.05) is 13.2 Å². The van der Waals surface area contributed by atoms with Crippen LogP contribution in [0.15, 0.2) is 36.8 Å². The normalized spacial score (nSPS) is 18.6. The number of likely N-dealkylation sites (tertiary alicyclic amines) is 1. The monoisotopic (exact) mass is 540 g/mol. The van der Waals surface area contributed by atoms with E-state index < -0.39 is 11.9 Å². The Balaban J connectivity index is 1.38. The predicted molar refractivity (Wildman–Crippen MR) is 143 cm³/mol. The molecule has 5 heterocycles. The third kappa shape index (κ3) is 4.33.